The zero-order valence-electron chi connectivity index (χ0n) is 12.2. The summed E-state index contributed by atoms with van der Waals surface area (Å²) in [6.45, 7) is 6.46. The summed E-state index contributed by atoms with van der Waals surface area (Å²) in [5, 5.41) is 7.23. The van der Waals surface area contributed by atoms with Crippen molar-refractivity contribution in [3.8, 4) is 11.6 Å². The van der Waals surface area contributed by atoms with Gasteiger partial charge in [0.1, 0.15) is 11.5 Å². The Hall–Kier alpha value is -2.34. The summed E-state index contributed by atoms with van der Waals surface area (Å²) in [5.74, 6) is 3.41. The van der Waals surface area contributed by atoms with E-state index < -0.39 is 0 Å². The Morgan fingerprint density at radius 1 is 1.33 bits per heavy atom. The summed E-state index contributed by atoms with van der Waals surface area (Å²) < 4.78 is 16.0. The molecule has 3 rings (SSSR count). The lowest BCUT2D eigenvalue weighted by Crippen LogP contribution is -2.18. The molecule has 0 aliphatic rings. The monoisotopic (exact) mass is 287 g/mol. The predicted molar refractivity (Wildman–Crippen MR) is 75.4 cm³/mol. The molecule has 0 spiro atoms. The molecule has 6 nitrogen and oxygen atoms in total. The van der Waals surface area contributed by atoms with Crippen LogP contribution in [-0.2, 0) is 6.54 Å². The van der Waals surface area contributed by atoms with Crippen molar-refractivity contribution < 1.29 is 13.4 Å². The molecular formula is C15H17N3O3. The highest BCUT2D eigenvalue weighted by Crippen LogP contribution is 2.21. The minimum atomic E-state index is 0.140. The summed E-state index contributed by atoms with van der Waals surface area (Å²) in [4.78, 5) is 4.29. The fourth-order valence-electron chi connectivity index (χ4n) is 2.26. The molecule has 3 aromatic heterocycles. The van der Waals surface area contributed by atoms with E-state index in [4.69, 9.17) is 13.4 Å². The molecule has 3 heterocycles. The Balaban J connectivity index is 1.64. The van der Waals surface area contributed by atoms with Gasteiger partial charge in [0, 0.05) is 11.6 Å². The molecule has 0 saturated heterocycles. The molecule has 0 saturated carbocycles. The highest BCUT2D eigenvalue weighted by Gasteiger charge is 2.15. The standard InChI is InChI=1S/C15H17N3O3/c1-9-7-12(11(3)20-9)10(2)16-8-14-17-15(18-21-14)13-5-4-6-19-13/h4-7,10,16H,8H2,1-3H3/t10-/m1/s1. The lowest BCUT2D eigenvalue weighted by Gasteiger charge is -2.10. The zero-order chi connectivity index (χ0) is 14.8. The van der Waals surface area contributed by atoms with Crippen molar-refractivity contribution in [2.24, 2.45) is 0 Å². The number of hydrogen-bond donors (Lipinski definition) is 1. The van der Waals surface area contributed by atoms with Crippen molar-refractivity contribution in [1.82, 2.24) is 15.5 Å². The van der Waals surface area contributed by atoms with Crippen molar-refractivity contribution in [3.05, 3.63) is 47.4 Å². The van der Waals surface area contributed by atoms with Crippen LogP contribution in [-0.4, -0.2) is 10.1 Å². The average Bonchev–Trinajstić information content (AvgIpc) is 3.15. The lowest BCUT2D eigenvalue weighted by molar-refractivity contribution is 0.359. The number of aryl methyl sites for hydroxylation is 2. The third-order valence-electron chi connectivity index (χ3n) is 3.32. The molecule has 0 radical (unpaired) electrons. The van der Waals surface area contributed by atoms with Crippen molar-refractivity contribution >= 4 is 0 Å². The first-order valence-electron chi connectivity index (χ1n) is 6.80. The number of nitrogens with one attached hydrogen (secondary N) is 1. The molecule has 6 heteroatoms. The van der Waals surface area contributed by atoms with Crippen LogP contribution < -0.4 is 5.32 Å². The second kappa shape index (κ2) is 5.57. The summed E-state index contributed by atoms with van der Waals surface area (Å²) in [6.07, 6.45) is 1.58. The predicted octanol–water partition coefficient (Wildman–Crippen LogP) is 3.39. The maximum atomic E-state index is 5.54. The zero-order valence-corrected chi connectivity index (χ0v) is 12.2. The normalized spacial score (nSPS) is 12.7. The number of hydrogen-bond acceptors (Lipinski definition) is 6. The van der Waals surface area contributed by atoms with E-state index in [1.54, 1.807) is 18.4 Å². The van der Waals surface area contributed by atoms with Crippen LogP contribution in [0.2, 0.25) is 0 Å². The van der Waals surface area contributed by atoms with Crippen molar-refractivity contribution in [2.45, 2.75) is 33.4 Å². The largest absolute Gasteiger partial charge is 0.466 e. The number of furan rings is 2. The Bertz CT molecular complexity index is 712. The SMILES string of the molecule is Cc1cc([C@@H](C)NCc2nc(-c3ccco3)no2)c(C)o1. The van der Waals surface area contributed by atoms with Gasteiger partial charge in [-0.1, -0.05) is 5.16 Å². The van der Waals surface area contributed by atoms with Crippen LogP contribution in [0, 0.1) is 13.8 Å². The molecule has 110 valence electrons. The first kappa shape index (κ1) is 13.6. The van der Waals surface area contributed by atoms with Gasteiger partial charge in [-0.2, -0.15) is 4.98 Å². The van der Waals surface area contributed by atoms with Crippen LogP contribution in [0.25, 0.3) is 11.6 Å². The Kier molecular flexibility index (Phi) is 3.62. The molecule has 0 aliphatic heterocycles. The van der Waals surface area contributed by atoms with E-state index in [0.29, 0.717) is 24.0 Å². The summed E-state index contributed by atoms with van der Waals surface area (Å²) in [5.41, 5.74) is 1.14. The molecule has 1 atom stereocenters. The molecule has 0 bridgehead atoms. The minimum Gasteiger partial charge on any atom is -0.466 e. The van der Waals surface area contributed by atoms with Gasteiger partial charge in [0.05, 0.1) is 12.8 Å². The first-order valence-corrected chi connectivity index (χ1v) is 6.80. The van der Waals surface area contributed by atoms with Crippen molar-refractivity contribution in [2.75, 3.05) is 0 Å². The maximum Gasteiger partial charge on any atom is 0.241 e. The van der Waals surface area contributed by atoms with E-state index in [1.807, 2.05) is 19.9 Å². The van der Waals surface area contributed by atoms with Gasteiger partial charge < -0.3 is 18.7 Å². The van der Waals surface area contributed by atoms with Crippen LogP contribution >= 0.6 is 0 Å². The Labute approximate surface area is 122 Å². The summed E-state index contributed by atoms with van der Waals surface area (Å²) >= 11 is 0. The number of aromatic nitrogens is 2. The minimum absolute atomic E-state index is 0.140. The third kappa shape index (κ3) is 2.90. The third-order valence-corrected chi connectivity index (χ3v) is 3.32. The van der Waals surface area contributed by atoms with Crippen LogP contribution in [0.1, 0.15) is 35.9 Å². The molecule has 0 amide bonds. The van der Waals surface area contributed by atoms with Gasteiger partial charge in [-0.3, -0.25) is 0 Å². The second-order valence-corrected chi connectivity index (χ2v) is 4.96. The van der Waals surface area contributed by atoms with Gasteiger partial charge in [0.25, 0.3) is 0 Å². The maximum absolute atomic E-state index is 5.54. The van der Waals surface area contributed by atoms with Crippen LogP contribution in [0.4, 0.5) is 0 Å². The van der Waals surface area contributed by atoms with Gasteiger partial charge in [0.15, 0.2) is 5.76 Å². The highest BCUT2D eigenvalue weighted by molar-refractivity contribution is 5.44. The molecular weight excluding hydrogens is 270 g/mol. The van der Waals surface area contributed by atoms with Crippen molar-refractivity contribution in [3.63, 3.8) is 0 Å². The van der Waals surface area contributed by atoms with Gasteiger partial charge in [0.2, 0.25) is 11.7 Å². The fraction of sp³-hybridized carbons (Fsp3) is 0.333. The molecule has 21 heavy (non-hydrogen) atoms. The molecule has 0 aromatic carbocycles. The van der Waals surface area contributed by atoms with Gasteiger partial charge in [-0.15, -0.1) is 0 Å². The molecule has 0 aliphatic carbocycles. The number of rotatable bonds is 5. The number of nitrogens with zero attached hydrogens (tertiary/aromatic N) is 2. The smallest absolute Gasteiger partial charge is 0.241 e. The first-order chi connectivity index (χ1) is 10.1. The van der Waals surface area contributed by atoms with Crippen LogP contribution in [0.3, 0.4) is 0 Å². The quantitative estimate of drug-likeness (QED) is 0.775. The lowest BCUT2D eigenvalue weighted by atomic mass is 10.1. The van der Waals surface area contributed by atoms with Crippen LogP contribution in [0.15, 0.2) is 37.8 Å². The molecule has 3 aromatic rings. The van der Waals surface area contributed by atoms with Crippen molar-refractivity contribution in [1.29, 1.82) is 0 Å². The van der Waals surface area contributed by atoms with E-state index in [1.165, 1.54) is 0 Å². The van der Waals surface area contributed by atoms with Crippen LogP contribution in [0.5, 0.6) is 0 Å². The van der Waals surface area contributed by atoms with E-state index in [0.717, 1.165) is 17.1 Å². The van der Waals surface area contributed by atoms with Gasteiger partial charge in [-0.05, 0) is 39.0 Å². The summed E-state index contributed by atoms with van der Waals surface area (Å²) in [7, 11) is 0. The summed E-state index contributed by atoms with van der Waals surface area (Å²) in [6, 6.07) is 5.76. The Morgan fingerprint density at radius 2 is 2.19 bits per heavy atom. The van der Waals surface area contributed by atoms with E-state index >= 15 is 0 Å². The Morgan fingerprint density at radius 3 is 2.86 bits per heavy atom. The van der Waals surface area contributed by atoms with Gasteiger partial charge >= 0.3 is 0 Å². The highest BCUT2D eigenvalue weighted by atomic mass is 16.5. The van der Waals surface area contributed by atoms with E-state index in [-0.39, 0.29) is 6.04 Å². The molecule has 1 N–H and O–H groups in total. The van der Waals surface area contributed by atoms with Gasteiger partial charge in [-0.25, -0.2) is 0 Å². The average molecular weight is 287 g/mol. The topological polar surface area (TPSA) is 77.2 Å². The van der Waals surface area contributed by atoms with E-state index in [2.05, 4.69) is 22.4 Å². The fourth-order valence-corrected chi connectivity index (χ4v) is 2.26. The van der Waals surface area contributed by atoms with E-state index in [9.17, 15) is 0 Å². The second-order valence-electron chi connectivity index (χ2n) is 4.96. The molecule has 0 unspecified atom stereocenters. The molecule has 0 fully saturated rings.